The standard InChI is InChI=1S/C23H25ClN2O/c1-22(2)11-14-10-17-20(21(26-25-17)13-8-9-13)23(3,19(14)18(27)12-22)15-6-4-5-7-16(15)24/h4-7,13H,8-12H2,1-3H3,(H,25,26). The summed E-state index contributed by atoms with van der Waals surface area (Å²) in [5.74, 6) is 0.793. The van der Waals surface area contributed by atoms with E-state index in [2.05, 4.69) is 31.9 Å². The number of hydrogen-bond acceptors (Lipinski definition) is 2. The van der Waals surface area contributed by atoms with Gasteiger partial charge in [-0.05, 0) is 43.2 Å². The van der Waals surface area contributed by atoms with E-state index in [-0.39, 0.29) is 11.2 Å². The number of ketones is 1. The van der Waals surface area contributed by atoms with E-state index in [1.54, 1.807) is 0 Å². The average Bonchev–Trinajstić information content (AvgIpc) is 3.33. The molecule has 1 N–H and O–H groups in total. The number of fused-ring (bicyclic) bond motifs is 1. The van der Waals surface area contributed by atoms with E-state index in [1.807, 2.05) is 18.2 Å². The quantitative estimate of drug-likeness (QED) is 0.748. The van der Waals surface area contributed by atoms with E-state index < -0.39 is 5.41 Å². The molecule has 140 valence electrons. The smallest absolute Gasteiger partial charge is 0.160 e. The zero-order chi connectivity index (χ0) is 19.0. The first kappa shape index (κ1) is 17.2. The van der Waals surface area contributed by atoms with Crippen molar-refractivity contribution in [2.24, 2.45) is 5.41 Å². The van der Waals surface area contributed by atoms with Crippen LogP contribution in [-0.2, 0) is 16.6 Å². The Balaban J connectivity index is 1.82. The normalized spacial score (nSPS) is 26.7. The van der Waals surface area contributed by atoms with Crippen molar-refractivity contribution in [2.45, 2.75) is 64.2 Å². The largest absolute Gasteiger partial charge is 0.294 e. The third-order valence-electron chi connectivity index (χ3n) is 6.60. The maximum absolute atomic E-state index is 13.4. The second-order valence-corrected chi connectivity index (χ2v) is 9.84. The average molecular weight is 381 g/mol. The van der Waals surface area contributed by atoms with Gasteiger partial charge in [0.05, 0.1) is 11.1 Å². The second kappa shape index (κ2) is 5.57. The van der Waals surface area contributed by atoms with Gasteiger partial charge in [-0.15, -0.1) is 0 Å². The van der Waals surface area contributed by atoms with Gasteiger partial charge in [-0.1, -0.05) is 49.2 Å². The molecule has 3 aliphatic rings. The number of nitrogens with one attached hydrogen (secondary N) is 1. The van der Waals surface area contributed by atoms with E-state index in [0.717, 1.165) is 34.7 Å². The van der Waals surface area contributed by atoms with Crippen LogP contribution in [0.4, 0.5) is 0 Å². The molecular weight excluding hydrogens is 356 g/mol. The van der Waals surface area contributed by atoms with Gasteiger partial charge < -0.3 is 0 Å². The van der Waals surface area contributed by atoms with Crippen LogP contribution >= 0.6 is 11.6 Å². The predicted octanol–water partition coefficient (Wildman–Crippen LogP) is 5.49. The van der Waals surface area contributed by atoms with Crippen LogP contribution in [0.2, 0.25) is 5.02 Å². The molecule has 0 radical (unpaired) electrons. The number of aromatic amines is 1. The molecule has 1 aromatic carbocycles. The summed E-state index contributed by atoms with van der Waals surface area (Å²) in [5, 5.41) is 8.77. The Morgan fingerprint density at radius 1 is 1.15 bits per heavy atom. The Bertz CT molecular complexity index is 996. The number of rotatable bonds is 2. The number of H-pyrrole nitrogens is 1. The van der Waals surface area contributed by atoms with Gasteiger partial charge in [0.1, 0.15) is 0 Å². The Kier molecular flexibility index (Phi) is 3.56. The fourth-order valence-corrected chi connectivity index (χ4v) is 5.76. The van der Waals surface area contributed by atoms with Crippen LogP contribution in [0.25, 0.3) is 0 Å². The lowest BCUT2D eigenvalue weighted by molar-refractivity contribution is -0.118. The fourth-order valence-electron chi connectivity index (χ4n) is 5.44. The molecule has 3 aliphatic carbocycles. The fraction of sp³-hybridized carbons (Fsp3) is 0.478. The molecule has 2 aromatic rings. The molecule has 3 nitrogen and oxygen atoms in total. The number of aromatic nitrogens is 2. The number of carbonyl (C=O) groups is 1. The van der Waals surface area contributed by atoms with Gasteiger partial charge in [0, 0.05) is 40.6 Å². The van der Waals surface area contributed by atoms with Crippen LogP contribution in [0, 0.1) is 5.41 Å². The highest BCUT2D eigenvalue weighted by molar-refractivity contribution is 6.31. The lowest BCUT2D eigenvalue weighted by Gasteiger charge is -2.44. The molecule has 0 bridgehead atoms. The molecule has 1 fully saturated rings. The number of hydrogen-bond donors (Lipinski definition) is 1. The van der Waals surface area contributed by atoms with Gasteiger partial charge >= 0.3 is 0 Å². The summed E-state index contributed by atoms with van der Waals surface area (Å²) < 4.78 is 0. The first-order valence-electron chi connectivity index (χ1n) is 9.89. The predicted molar refractivity (Wildman–Crippen MR) is 107 cm³/mol. The lowest BCUT2D eigenvalue weighted by atomic mass is 9.58. The van der Waals surface area contributed by atoms with Crippen molar-refractivity contribution < 1.29 is 4.79 Å². The Labute approximate surface area is 165 Å². The van der Waals surface area contributed by atoms with Gasteiger partial charge in [0.15, 0.2) is 5.78 Å². The van der Waals surface area contributed by atoms with E-state index in [9.17, 15) is 4.79 Å². The Hall–Kier alpha value is -1.87. The first-order chi connectivity index (χ1) is 12.8. The lowest BCUT2D eigenvalue weighted by Crippen LogP contribution is -2.41. The molecule has 1 unspecified atom stereocenters. The highest BCUT2D eigenvalue weighted by Crippen LogP contribution is 2.56. The minimum Gasteiger partial charge on any atom is -0.294 e. The molecule has 0 amide bonds. The maximum Gasteiger partial charge on any atom is 0.160 e. The summed E-state index contributed by atoms with van der Waals surface area (Å²) in [7, 11) is 0. The number of nitrogens with zero attached hydrogens (tertiary/aromatic N) is 1. The summed E-state index contributed by atoms with van der Waals surface area (Å²) >= 11 is 6.70. The maximum atomic E-state index is 13.4. The van der Waals surface area contributed by atoms with Crippen molar-refractivity contribution in [2.75, 3.05) is 0 Å². The molecule has 0 saturated heterocycles. The highest BCUT2D eigenvalue weighted by Gasteiger charge is 2.51. The van der Waals surface area contributed by atoms with Crippen molar-refractivity contribution in [1.82, 2.24) is 10.2 Å². The van der Waals surface area contributed by atoms with Crippen LogP contribution in [0.3, 0.4) is 0 Å². The van der Waals surface area contributed by atoms with E-state index in [4.69, 9.17) is 16.7 Å². The topological polar surface area (TPSA) is 45.8 Å². The van der Waals surface area contributed by atoms with Crippen molar-refractivity contribution in [3.63, 3.8) is 0 Å². The number of carbonyl (C=O) groups excluding carboxylic acids is 1. The second-order valence-electron chi connectivity index (χ2n) is 9.44. The molecule has 27 heavy (non-hydrogen) atoms. The Morgan fingerprint density at radius 2 is 1.89 bits per heavy atom. The molecule has 0 aliphatic heterocycles. The zero-order valence-electron chi connectivity index (χ0n) is 16.2. The van der Waals surface area contributed by atoms with Gasteiger partial charge in [-0.2, -0.15) is 5.10 Å². The van der Waals surface area contributed by atoms with Crippen LogP contribution in [0.1, 0.15) is 74.9 Å². The summed E-state index contributed by atoms with van der Waals surface area (Å²) in [6.07, 6.45) is 4.72. The third-order valence-corrected chi connectivity index (χ3v) is 6.93. The van der Waals surface area contributed by atoms with E-state index in [0.29, 0.717) is 12.3 Å². The monoisotopic (exact) mass is 380 g/mol. The number of halogens is 1. The van der Waals surface area contributed by atoms with Crippen LogP contribution in [0.5, 0.6) is 0 Å². The van der Waals surface area contributed by atoms with Gasteiger partial charge in [0.2, 0.25) is 0 Å². The molecule has 1 saturated carbocycles. The zero-order valence-corrected chi connectivity index (χ0v) is 16.9. The molecule has 1 aromatic heterocycles. The summed E-state index contributed by atoms with van der Waals surface area (Å²) in [4.78, 5) is 13.4. The molecule has 5 rings (SSSR count). The van der Waals surface area contributed by atoms with Gasteiger partial charge in [-0.3, -0.25) is 9.89 Å². The number of benzene rings is 1. The molecule has 4 heteroatoms. The number of Topliss-reactive ketones (excluding diaryl/α,β-unsaturated/α-hetero) is 1. The number of allylic oxidation sites excluding steroid dienone is 2. The molecule has 1 atom stereocenters. The van der Waals surface area contributed by atoms with Crippen molar-refractivity contribution in [1.29, 1.82) is 0 Å². The van der Waals surface area contributed by atoms with Gasteiger partial charge in [0.25, 0.3) is 0 Å². The van der Waals surface area contributed by atoms with E-state index in [1.165, 1.54) is 29.7 Å². The molecule has 1 heterocycles. The van der Waals surface area contributed by atoms with Crippen molar-refractivity contribution in [3.8, 4) is 0 Å². The Morgan fingerprint density at radius 3 is 2.59 bits per heavy atom. The SMILES string of the molecule is CC1(C)CC(=O)C2=C(Cc3[nH]nc(C4CC4)c3C2(C)c2ccccc2Cl)C1. The summed E-state index contributed by atoms with van der Waals surface area (Å²) in [6, 6.07) is 8.00. The van der Waals surface area contributed by atoms with Gasteiger partial charge in [-0.25, -0.2) is 0 Å². The molecule has 0 spiro atoms. The first-order valence-corrected chi connectivity index (χ1v) is 10.3. The van der Waals surface area contributed by atoms with Crippen molar-refractivity contribution >= 4 is 17.4 Å². The van der Waals surface area contributed by atoms with Crippen LogP contribution < -0.4 is 0 Å². The molecular formula is C23H25ClN2O. The minimum absolute atomic E-state index is 0.00809. The van der Waals surface area contributed by atoms with Crippen LogP contribution in [-0.4, -0.2) is 16.0 Å². The van der Waals surface area contributed by atoms with Crippen molar-refractivity contribution in [3.05, 3.63) is 62.9 Å². The van der Waals surface area contributed by atoms with E-state index >= 15 is 0 Å². The summed E-state index contributed by atoms with van der Waals surface area (Å²) in [5.41, 5.74) is 6.28. The highest BCUT2D eigenvalue weighted by atomic mass is 35.5. The van der Waals surface area contributed by atoms with Crippen LogP contribution in [0.15, 0.2) is 35.4 Å². The summed E-state index contributed by atoms with van der Waals surface area (Å²) in [6.45, 7) is 6.58. The third kappa shape index (κ3) is 2.47. The minimum atomic E-state index is -0.528.